The molecule has 6 nitrogen and oxygen atoms in total. The number of rotatable bonds is 2. The monoisotopic (exact) mass is 337 g/mol. The molecule has 0 aromatic carbocycles. The van der Waals surface area contributed by atoms with Crippen LogP contribution in [0.1, 0.15) is 23.5 Å². The van der Waals surface area contributed by atoms with Gasteiger partial charge >= 0.3 is 0 Å². The van der Waals surface area contributed by atoms with Gasteiger partial charge in [0.1, 0.15) is 0 Å². The molecule has 0 saturated heterocycles. The molecule has 1 aliphatic rings. The summed E-state index contributed by atoms with van der Waals surface area (Å²) in [5, 5.41) is 12.0. The number of halogens is 1. The van der Waals surface area contributed by atoms with Crippen LogP contribution in [0, 0.1) is 6.92 Å². The molecular formula is C13H16BrN5O. The Kier molecular flexibility index (Phi) is 3.37. The number of aryl methyl sites for hydroxylation is 3. The largest absolute Gasteiger partial charge is 0.383 e. The standard InChI is InChI=1S/C13H16BrN5O/c1-8-13(14)11(18(2)16-8)7-19-12(20)6-10-9(17-19)4-3-5-15-10/h6,15H,3-5,7H2,1-2H3. The van der Waals surface area contributed by atoms with E-state index < -0.39 is 0 Å². The topological polar surface area (TPSA) is 64.7 Å². The first-order valence-corrected chi connectivity index (χ1v) is 7.38. The van der Waals surface area contributed by atoms with Gasteiger partial charge in [-0.2, -0.15) is 10.2 Å². The lowest BCUT2D eigenvalue weighted by molar-refractivity contribution is 0.572. The van der Waals surface area contributed by atoms with Gasteiger partial charge in [0.05, 0.1) is 33.8 Å². The highest BCUT2D eigenvalue weighted by Crippen LogP contribution is 2.21. The molecule has 7 heteroatoms. The molecule has 3 rings (SSSR count). The van der Waals surface area contributed by atoms with Gasteiger partial charge in [-0.05, 0) is 35.7 Å². The van der Waals surface area contributed by atoms with Crippen molar-refractivity contribution < 1.29 is 0 Å². The maximum absolute atomic E-state index is 12.1. The molecule has 0 unspecified atom stereocenters. The lowest BCUT2D eigenvalue weighted by Crippen LogP contribution is -2.28. The lowest BCUT2D eigenvalue weighted by Gasteiger charge is -2.17. The van der Waals surface area contributed by atoms with E-state index in [9.17, 15) is 4.79 Å². The quantitative estimate of drug-likeness (QED) is 0.900. The van der Waals surface area contributed by atoms with Crippen LogP contribution in [0.4, 0.5) is 5.69 Å². The van der Waals surface area contributed by atoms with Crippen molar-refractivity contribution in [3.63, 3.8) is 0 Å². The van der Waals surface area contributed by atoms with Crippen molar-refractivity contribution in [2.45, 2.75) is 26.3 Å². The van der Waals surface area contributed by atoms with Gasteiger partial charge in [-0.25, -0.2) is 4.68 Å². The first-order chi connectivity index (χ1) is 9.56. The van der Waals surface area contributed by atoms with E-state index in [2.05, 4.69) is 31.4 Å². The third kappa shape index (κ3) is 2.26. The maximum atomic E-state index is 12.1. The van der Waals surface area contributed by atoms with Crippen molar-refractivity contribution in [1.82, 2.24) is 19.6 Å². The van der Waals surface area contributed by atoms with Gasteiger partial charge in [0.25, 0.3) is 5.56 Å². The molecule has 0 aliphatic carbocycles. The van der Waals surface area contributed by atoms with Crippen LogP contribution in [0.15, 0.2) is 15.3 Å². The van der Waals surface area contributed by atoms with Crippen LogP contribution in [0.5, 0.6) is 0 Å². The van der Waals surface area contributed by atoms with Gasteiger partial charge in [0.15, 0.2) is 0 Å². The predicted octanol–water partition coefficient (Wildman–Crippen LogP) is 1.45. The molecule has 106 valence electrons. The summed E-state index contributed by atoms with van der Waals surface area (Å²) in [5.41, 5.74) is 3.60. The number of nitrogens with one attached hydrogen (secondary N) is 1. The Hall–Kier alpha value is -1.63. The number of hydrogen-bond donors (Lipinski definition) is 1. The maximum Gasteiger partial charge on any atom is 0.269 e. The summed E-state index contributed by atoms with van der Waals surface area (Å²) in [6.45, 7) is 3.26. The molecule has 0 amide bonds. The summed E-state index contributed by atoms with van der Waals surface area (Å²) in [4.78, 5) is 12.1. The number of fused-ring (bicyclic) bond motifs is 1. The van der Waals surface area contributed by atoms with Crippen LogP contribution in [-0.4, -0.2) is 26.1 Å². The summed E-state index contributed by atoms with van der Waals surface area (Å²) >= 11 is 3.52. The van der Waals surface area contributed by atoms with E-state index in [0.717, 1.165) is 46.6 Å². The van der Waals surface area contributed by atoms with Gasteiger partial charge in [0.2, 0.25) is 0 Å². The Morgan fingerprint density at radius 2 is 2.25 bits per heavy atom. The number of nitrogens with zero attached hydrogens (tertiary/aromatic N) is 4. The third-order valence-corrected chi connectivity index (χ3v) is 4.57. The molecule has 0 atom stereocenters. The Balaban J connectivity index is 2.00. The average Bonchev–Trinajstić information content (AvgIpc) is 2.66. The lowest BCUT2D eigenvalue weighted by atomic mass is 10.1. The third-order valence-electron chi connectivity index (χ3n) is 3.54. The van der Waals surface area contributed by atoms with Gasteiger partial charge in [-0.1, -0.05) is 0 Å². The second kappa shape index (κ2) is 5.05. The van der Waals surface area contributed by atoms with E-state index in [4.69, 9.17) is 0 Å². The zero-order valence-electron chi connectivity index (χ0n) is 11.5. The minimum Gasteiger partial charge on any atom is -0.383 e. The molecule has 1 N–H and O–H groups in total. The van der Waals surface area contributed by atoms with Crippen molar-refractivity contribution in [2.75, 3.05) is 11.9 Å². The van der Waals surface area contributed by atoms with E-state index in [1.807, 2.05) is 14.0 Å². The molecule has 0 saturated carbocycles. The Morgan fingerprint density at radius 3 is 2.95 bits per heavy atom. The highest BCUT2D eigenvalue weighted by molar-refractivity contribution is 9.10. The summed E-state index contributed by atoms with van der Waals surface area (Å²) in [5.74, 6) is 0. The molecular weight excluding hydrogens is 322 g/mol. The van der Waals surface area contributed by atoms with Crippen molar-refractivity contribution in [3.8, 4) is 0 Å². The second-order valence-electron chi connectivity index (χ2n) is 5.00. The fourth-order valence-electron chi connectivity index (χ4n) is 2.45. The average molecular weight is 338 g/mol. The van der Waals surface area contributed by atoms with E-state index in [-0.39, 0.29) is 5.56 Å². The first-order valence-electron chi connectivity index (χ1n) is 6.59. The van der Waals surface area contributed by atoms with Gasteiger partial charge in [-0.3, -0.25) is 9.48 Å². The van der Waals surface area contributed by atoms with Crippen molar-refractivity contribution in [3.05, 3.63) is 38.0 Å². The van der Waals surface area contributed by atoms with E-state index in [1.54, 1.807) is 10.7 Å². The second-order valence-corrected chi connectivity index (χ2v) is 5.79. The fraction of sp³-hybridized carbons (Fsp3) is 0.462. The van der Waals surface area contributed by atoms with Crippen LogP contribution >= 0.6 is 15.9 Å². The zero-order chi connectivity index (χ0) is 14.3. The van der Waals surface area contributed by atoms with Crippen molar-refractivity contribution >= 4 is 21.6 Å². The molecule has 0 spiro atoms. The van der Waals surface area contributed by atoms with Crippen LogP contribution in [-0.2, 0) is 20.0 Å². The first kappa shape index (κ1) is 13.4. The Bertz CT molecular complexity index is 718. The van der Waals surface area contributed by atoms with Gasteiger partial charge < -0.3 is 5.32 Å². The fourth-order valence-corrected chi connectivity index (χ4v) is 2.92. The highest BCUT2D eigenvalue weighted by Gasteiger charge is 2.16. The molecule has 2 aromatic rings. The smallest absolute Gasteiger partial charge is 0.269 e. The predicted molar refractivity (Wildman–Crippen MR) is 80.1 cm³/mol. The SMILES string of the molecule is Cc1nn(C)c(Cn2nc3c(cc2=O)NCCC3)c1Br. The van der Waals surface area contributed by atoms with Crippen LogP contribution < -0.4 is 10.9 Å². The summed E-state index contributed by atoms with van der Waals surface area (Å²) in [6, 6.07) is 1.64. The van der Waals surface area contributed by atoms with Crippen LogP contribution in [0.25, 0.3) is 0 Å². The zero-order valence-corrected chi connectivity index (χ0v) is 13.1. The Labute approximate surface area is 124 Å². The van der Waals surface area contributed by atoms with Crippen LogP contribution in [0.3, 0.4) is 0 Å². The van der Waals surface area contributed by atoms with Crippen LogP contribution in [0.2, 0.25) is 0 Å². The van der Waals surface area contributed by atoms with E-state index >= 15 is 0 Å². The van der Waals surface area contributed by atoms with E-state index in [0.29, 0.717) is 6.54 Å². The molecule has 0 radical (unpaired) electrons. The molecule has 2 aromatic heterocycles. The molecule has 0 bridgehead atoms. The summed E-state index contributed by atoms with van der Waals surface area (Å²) in [6.07, 6.45) is 1.96. The molecule has 20 heavy (non-hydrogen) atoms. The molecule has 1 aliphatic heterocycles. The van der Waals surface area contributed by atoms with Crippen molar-refractivity contribution in [2.24, 2.45) is 7.05 Å². The minimum absolute atomic E-state index is 0.0936. The van der Waals surface area contributed by atoms with Gasteiger partial charge in [-0.15, -0.1) is 0 Å². The normalized spacial score (nSPS) is 13.9. The molecule has 0 fully saturated rings. The van der Waals surface area contributed by atoms with Gasteiger partial charge in [0, 0.05) is 19.7 Å². The Morgan fingerprint density at radius 1 is 1.45 bits per heavy atom. The highest BCUT2D eigenvalue weighted by atomic mass is 79.9. The van der Waals surface area contributed by atoms with Crippen molar-refractivity contribution in [1.29, 1.82) is 0 Å². The number of aromatic nitrogens is 4. The number of hydrogen-bond acceptors (Lipinski definition) is 4. The number of anilines is 1. The minimum atomic E-state index is -0.0936. The summed E-state index contributed by atoms with van der Waals surface area (Å²) in [7, 11) is 1.87. The molecule has 3 heterocycles. The van der Waals surface area contributed by atoms with E-state index in [1.165, 1.54) is 4.68 Å². The summed E-state index contributed by atoms with van der Waals surface area (Å²) < 4.78 is 4.22.